The predicted octanol–water partition coefficient (Wildman–Crippen LogP) is 1.81. The molecule has 0 aliphatic rings. The van der Waals surface area contributed by atoms with E-state index < -0.39 is 0 Å². The summed E-state index contributed by atoms with van der Waals surface area (Å²) in [6.07, 6.45) is 5.32. The number of H-pyrrole nitrogens is 1. The molecule has 1 aromatic carbocycles. The summed E-state index contributed by atoms with van der Waals surface area (Å²) < 4.78 is 2.00. The zero-order valence-corrected chi connectivity index (χ0v) is 10.6. The smallest absolute Gasteiger partial charge is 0.255 e. The maximum absolute atomic E-state index is 11.8. The largest absolute Gasteiger partial charge is 0.359 e. The minimum atomic E-state index is -0.0566. The molecule has 0 aliphatic carbocycles. The van der Waals surface area contributed by atoms with E-state index >= 15 is 0 Å². The van der Waals surface area contributed by atoms with Crippen LogP contribution in [-0.4, -0.2) is 21.6 Å². The number of anilines is 1. The van der Waals surface area contributed by atoms with Crippen molar-refractivity contribution in [3.8, 4) is 0 Å². The van der Waals surface area contributed by atoms with Gasteiger partial charge in [-0.1, -0.05) is 12.1 Å². The van der Waals surface area contributed by atoms with E-state index in [1.165, 1.54) is 0 Å². The zero-order valence-electron chi connectivity index (χ0n) is 10.6. The quantitative estimate of drug-likeness (QED) is 0.749. The molecule has 19 heavy (non-hydrogen) atoms. The van der Waals surface area contributed by atoms with Crippen LogP contribution in [0.5, 0.6) is 0 Å². The number of nitrogens with zero attached hydrogens (tertiary/aromatic N) is 2. The third kappa shape index (κ3) is 2.10. The van der Waals surface area contributed by atoms with Gasteiger partial charge < -0.3 is 14.9 Å². The Labute approximate surface area is 109 Å². The number of hydrogen-bond donors (Lipinski definition) is 2. The topological polar surface area (TPSA) is 62.7 Å². The van der Waals surface area contributed by atoms with E-state index in [1.807, 2.05) is 42.1 Å². The minimum Gasteiger partial charge on any atom is -0.359 e. The number of aromatic nitrogens is 3. The number of rotatable bonds is 3. The monoisotopic (exact) mass is 254 g/mol. The number of benzene rings is 1. The molecule has 0 saturated carbocycles. The fourth-order valence-electron chi connectivity index (χ4n) is 2.19. The molecule has 0 amide bonds. The average Bonchev–Trinajstić information content (AvgIpc) is 2.87. The van der Waals surface area contributed by atoms with Crippen LogP contribution in [0.25, 0.3) is 10.8 Å². The minimum absolute atomic E-state index is 0.0566. The average molecular weight is 254 g/mol. The summed E-state index contributed by atoms with van der Waals surface area (Å²) in [6, 6.07) is 7.82. The molecule has 0 fully saturated rings. The summed E-state index contributed by atoms with van der Waals surface area (Å²) in [5.74, 6) is 0.807. The molecule has 2 heterocycles. The third-order valence-corrected chi connectivity index (χ3v) is 3.13. The summed E-state index contributed by atoms with van der Waals surface area (Å²) >= 11 is 0. The molecule has 0 spiro atoms. The van der Waals surface area contributed by atoms with Crippen molar-refractivity contribution in [3.63, 3.8) is 0 Å². The lowest BCUT2D eigenvalue weighted by atomic mass is 10.1. The summed E-state index contributed by atoms with van der Waals surface area (Å²) in [4.78, 5) is 18.7. The van der Waals surface area contributed by atoms with E-state index in [0.29, 0.717) is 11.9 Å². The van der Waals surface area contributed by atoms with Gasteiger partial charge >= 0.3 is 0 Å². The third-order valence-electron chi connectivity index (χ3n) is 3.13. The number of nitrogens with one attached hydrogen (secondary N) is 2. The lowest BCUT2D eigenvalue weighted by Gasteiger charge is -2.08. The van der Waals surface area contributed by atoms with Crippen molar-refractivity contribution in [2.24, 2.45) is 0 Å². The van der Waals surface area contributed by atoms with Crippen molar-refractivity contribution in [2.75, 3.05) is 12.4 Å². The van der Waals surface area contributed by atoms with Gasteiger partial charge in [0, 0.05) is 31.0 Å². The Morgan fingerprint density at radius 2 is 2.26 bits per heavy atom. The number of pyridine rings is 1. The van der Waals surface area contributed by atoms with E-state index in [-0.39, 0.29) is 5.56 Å². The molecule has 2 aromatic heterocycles. The molecular weight excluding hydrogens is 240 g/mol. The van der Waals surface area contributed by atoms with E-state index in [4.69, 9.17) is 0 Å². The van der Waals surface area contributed by atoms with Gasteiger partial charge in [0.2, 0.25) is 5.95 Å². The van der Waals surface area contributed by atoms with Gasteiger partial charge in [-0.3, -0.25) is 4.79 Å². The molecule has 0 aliphatic heterocycles. The summed E-state index contributed by atoms with van der Waals surface area (Å²) in [7, 11) is 1.84. The Morgan fingerprint density at radius 3 is 3.11 bits per heavy atom. The van der Waals surface area contributed by atoms with Crippen LogP contribution in [0.15, 0.2) is 47.7 Å². The van der Waals surface area contributed by atoms with Crippen molar-refractivity contribution < 1.29 is 0 Å². The Morgan fingerprint density at radius 1 is 1.37 bits per heavy atom. The normalized spacial score (nSPS) is 10.8. The van der Waals surface area contributed by atoms with Crippen LogP contribution in [0, 0.1) is 0 Å². The Hall–Kier alpha value is -2.56. The molecule has 0 bridgehead atoms. The van der Waals surface area contributed by atoms with Crippen LogP contribution in [0.2, 0.25) is 0 Å². The Balaban J connectivity index is 2.02. The van der Waals surface area contributed by atoms with Crippen LogP contribution >= 0.6 is 0 Å². The van der Waals surface area contributed by atoms with Crippen molar-refractivity contribution in [1.29, 1.82) is 0 Å². The fraction of sp³-hybridized carbons (Fsp3) is 0.143. The standard InChI is InChI=1S/C14H14N4O/c1-15-14-17-6-7-18(14)9-10-2-3-11-4-5-16-13(19)12(11)8-10/h2-8H,9H2,1H3,(H,15,17)(H,16,19). The maximum Gasteiger partial charge on any atom is 0.255 e. The maximum atomic E-state index is 11.8. The SMILES string of the molecule is CNc1nccn1Cc1ccc2cc[nH]c(=O)c2c1. The van der Waals surface area contributed by atoms with Crippen molar-refractivity contribution in [2.45, 2.75) is 6.54 Å². The highest BCUT2D eigenvalue weighted by molar-refractivity contribution is 5.81. The zero-order chi connectivity index (χ0) is 13.2. The van der Waals surface area contributed by atoms with Gasteiger partial charge in [-0.05, 0) is 23.1 Å². The first-order chi connectivity index (χ1) is 9.28. The molecule has 96 valence electrons. The van der Waals surface area contributed by atoms with E-state index in [2.05, 4.69) is 15.3 Å². The second-order valence-electron chi connectivity index (χ2n) is 4.36. The number of hydrogen-bond acceptors (Lipinski definition) is 3. The summed E-state index contributed by atoms with van der Waals surface area (Å²) in [5, 5.41) is 4.69. The molecule has 5 nitrogen and oxygen atoms in total. The van der Waals surface area contributed by atoms with Gasteiger partial charge in [-0.2, -0.15) is 0 Å². The lowest BCUT2D eigenvalue weighted by molar-refractivity contribution is 0.806. The van der Waals surface area contributed by atoms with Gasteiger partial charge in [0.05, 0.1) is 6.54 Å². The molecule has 5 heteroatoms. The van der Waals surface area contributed by atoms with Crippen LogP contribution in [0.1, 0.15) is 5.56 Å². The predicted molar refractivity (Wildman–Crippen MR) is 75.4 cm³/mol. The van der Waals surface area contributed by atoms with Crippen LogP contribution in [0.4, 0.5) is 5.95 Å². The second kappa shape index (κ2) is 4.61. The van der Waals surface area contributed by atoms with Gasteiger partial charge in [-0.15, -0.1) is 0 Å². The molecule has 3 aromatic rings. The van der Waals surface area contributed by atoms with Crippen molar-refractivity contribution in [3.05, 3.63) is 58.8 Å². The number of fused-ring (bicyclic) bond motifs is 1. The van der Waals surface area contributed by atoms with Crippen LogP contribution < -0.4 is 10.9 Å². The second-order valence-corrected chi connectivity index (χ2v) is 4.36. The first kappa shape index (κ1) is 11.5. The fourth-order valence-corrected chi connectivity index (χ4v) is 2.19. The number of imidazole rings is 1. The molecule has 0 unspecified atom stereocenters. The summed E-state index contributed by atoms with van der Waals surface area (Å²) in [6.45, 7) is 0.681. The van der Waals surface area contributed by atoms with Crippen LogP contribution in [0.3, 0.4) is 0 Å². The van der Waals surface area contributed by atoms with E-state index in [0.717, 1.165) is 16.9 Å². The van der Waals surface area contributed by atoms with Crippen molar-refractivity contribution >= 4 is 16.7 Å². The molecule has 3 rings (SSSR count). The molecule has 2 N–H and O–H groups in total. The van der Waals surface area contributed by atoms with Gasteiger partial charge in [0.25, 0.3) is 5.56 Å². The van der Waals surface area contributed by atoms with E-state index in [1.54, 1.807) is 12.4 Å². The molecule has 0 saturated heterocycles. The molecule has 0 radical (unpaired) electrons. The first-order valence-corrected chi connectivity index (χ1v) is 6.07. The van der Waals surface area contributed by atoms with Crippen LogP contribution in [-0.2, 0) is 6.54 Å². The van der Waals surface area contributed by atoms with Gasteiger partial charge in [0.1, 0.15) is 0 Å². The Bertz CT molecular complexity index is 772. The Kier molecular flexibility index (Phi) is 2.79. The highest BCUT2D eigenvalue weighted by Crippen LogP contribution is 2.14. The number of aromatic amines is 1. The van der Waals surface area contributed by atoms with Crippen molar-refractivity contribution in [1.82, 2.24) is 14.5 Å². The lowest BCUT2D eigenvalue weighted by Crippen LogP contribution is -2.07. The van der Waals surface area contributed by atoms with E-state index in [9.17, 15) is 4.79 Å². The highest BCUT2D eigenvalue weighted by atomic mass is 16.1. The van der Waals surface area contributed by atoms with Gasteiger partial charge in [0.15, 0.2) is 0 Å². The highest BCUT2D eigenvalue weighted by Gasteiger charge is 2.03. The summed E-state index contributed by atoms with van der Waals surface area (Å²) in [5.41, 5.74) is 1.01. The molecule has 0 atom stereocenters. The first-order valence-electron chi connectivity index (χ1n) is 6.07. The molecular formula is C14H14N4O. The van der Waals surface area contributed by atoms with Gasteiger partial charge in [-0.25, -0.2) is 4.98 Å².